The van der Waals surface area contributed by atoms with E-state index in [4.69, 9.17) is 16.3 Å². The molecule has 1 aromatic heterocycles. The summed E-state index contributed by atoms with van der Waals surface area (Å²) < 4.78 is 5.40. The smallest absolute Gasteiger partial charge is 0.282 e. The first-order valence-electron chi connectivity index (χ1n) is 8.13. The van der Waals surface area contributed by atoms with Crippen molar-refractivity contribution in [1.82, 2.24) is 10.2 Å². The average molecular weight is 396 g/mol. The van der Waals surface area contributed by atoms with Crippen LogP contribution in [-0.4, -0.2) is 48.6 Å². The lowest BCUT2D eigenvalue weighted by atomic mass is 10.1. The molecule has 1 aromatic carbocycles. The maximum Gasteiger partial charge on any atom is 0.282 e. The van der Waals surface area contributed by atoms with E-state index in [2.05, 4.69) is 10.2 Å². The fraction of sp³-hybridized carbons (Fsp3) is 0.353. The van der Waals surface area contributed by atoms with Crippen molar-refractivity contribution in [2.75, 3.05) is 32.8 Å². The van der Waals surface area contributed by atoms with E-state index in [1.54, 1.807) is 11.3 Å². The number of rotatable bonds is 6. The van der Waals surface area contributed by atoms with Gasteiger partial charge in [0.15, 0.2) is 0 Å². The van der Waals surface area contributed by atoms with Gasteiger partial charge in [-0.2, -0.15) is 0 Å². The molecule has 1 aliphatic heterocycles. The predicted molar refractivity (Wildman–Crippen MR) is 99.9 cm³/mol. The van der Waals surface area contributed by atoms with Gasteiger partial charge in [0, 0.05) is 35.6 Å². The number of nitrogens with zero attached hydrogens (tertiary/aromatic N) is 2. The van der Waals surface area contributed by atoms with Gasteiger partial charge < -0.3 is 10.1 Å². The summed E-state index contributed by atoms with van der Waals surface area (Å²) in [5.74, 6) is -0.506. The van der Waals surface area contributed by atoms with Gasteiger partial charge in [0.2, 0.25) is 0 Å². The number of nitrogens with one attached hydrogen (secondary N) is 1. The summed E-state index contributed by atoms with van der Waals surface area (Å²) in [6.45, 7) is 3.19. The highest BCUT2D eigenvalue weighted by atomic mass is 35.5. The Morgan fingerprint density at radius 1 is 1.38 bits per heavy atom. The standard InChI is InChI=1S/C17H18ClN3O4S/c18-12-3-4-14(21(23)24)13(10-12)17(22)19-11-15(16-2-1-9-26-16)20-5-7-25-8-6-20/h1-4,9-10,15H,5-8,11H2,(H,19,22)/t15-/m0/s1. The Bertz CT molecular complexity index is 778. The highest BCUT2D eigenvalue weighted by molar-refractivity contribution is 7.10. The Morgan fingerprint density at radius 3 is 2.81 bits per heavy atom. The maximum atomic E-state index is 12.6. The van der Waals surface area contributed by atoms with E-state index in [1.807, 2.05) is 17.5 Å². The molecular weight excluding hydrogens is 378 g/mol. The summed E-state index contributed by atoms with van der Waals surface area (Å²) >= 11 is 7.53. The first-order chi connectivity index (χ1) is 12.6. The topological polar surface area (TPSA) is 84.7 Å². The van der Waals surface area contributed by atoms with Crippen LogP contribution in [0.1, 0.15) is 21.3 Å². The molecule has 138 valence electrons. The molecule has 2 heterocycles. The van der Waals surface area contributed by atoms with Gasteiger partial charge in [0.1, 0.15) is 5.56 Å². The monoisotopic (exact) mass is 395 g/mol. The number of hydrogen-bond acceptors (Lipinski definition) is 6. The number of halogens is 1. The normalized spacial score (nSPS) is 16.2. The van der Waals surface area contributed by atoms with Crippen molar-refractivity contribution < 1.29 is 14.5 Å². The lowest BCUT2D eigenvalue weighted by Gasteiger charge is -2.34. The molecule has 7 nitrogen and oxygen atoms in total. The van der Waals surface area contributed by atoms with Crippen LogP contribution in [0, 0.1) is 10.1 Å². The third-order valence-corrected chi connectivity index (χ3v) is 5.42. The number of morpholine rings is 1. The van der Waals surface area contributed by atoms with Crippen LogP contribution in [0.2, 0.25) is 5.02 Å². The van der Waals surface area contributed by atoms with E-state index in [0.29, 0.717) is 19.8 Å². The predicted octanol–water partition coefficient (Wildman–Crippen LogP) is 3.11. The van der Waals surface area contributed by atoms with Gasteiger partial charge >= 0.3 is 0 Å². The zero-order chi connectivity index (χ0) is 18.5. The number of carbonyl (C=O) groups is 1. The summed E-state index contributed by atoms with van der Waals surface area (Å²) in [7, 11) is 0. The van der Waals surface area contributed by atoms with Crippen molar-refractivity contribution >= 4 is 34.5 Å². The van der Waals surface area contributed by atoms with Gasteiger partial charge in [-0.05, 0) is 23.6 Å². The SMILES string of the molecule is O=C(NC[C@@H](c1cccs1)N1CCOCC1)c1cc(Cl)ccc1[N+](=O)[O-]. The Balaban J connectivity index is 1.76. The minimum Gasteiger partial charge on any atom is -0.379 e. The zero-order valence-electron chi connectivity index (χ0n) is 13.9. The second-order valence-electron chi connectivity index (χ2n) is 5.81. The minimum atomic E-state index is -0.579. The van der Waals surface area contributed by atoms with E-state index in [9.17, 15) is 14.9 Å². The molecule has 1 amide bonds. The molecule has 0 spiro atoms. The van der Waals surface area contributed by atoms with Crippen LogP contribution < -0.4 is 5.32 Å². The van der Waals surface area contributed by atoms with Gasteiger partial charge in [0.05, 0.1) is 24.2 Å². The summed E-state index contributed by atoms with van der Waals surface area (Å²) in [4.78, 5) is 26.5. The number of hydrogen-bond donors (Lipinski definition) is 1. The molecule has 0 saturated carbocycles. The molecule has 1 aliphatic rings. The molecule has 1 saturated heterocycles. The average Bonchev–Trinajstić information content (AvgIpc) is 3.16. The van der Waals surface area contributed by atoms with Crippen LogP contribution in [0.15, 0.2) is 35.7 Å². The molecule has 0 bridgehead atoms. The molecule has 9 heteroatoms. The molecule has 1 N–H and O–H groups in total. The highest BCUT2D eigenvalue weighted by Crippen LogP contribution is 2.26. The summed E-state index contributed by atoms with van der Waals surface area (Å²) in [6.07, 6.45) is 0. The van der Waals surface area contributed by atoms with Crippen LogP contribution in [0.5, 0.6) is 0 Å². The highest BCUT2D eigenvalue weighted by Gasteiger charge is 2.26. The first kappa shape index (κ1) is 18.8. The zero-order valence-corrected chi connectivity index (χ0v) is 15.5. The van der Waals surface area contributed by atoms with Crippen LogP contribution in [0.4, 0.5) is 5.69 Å². The quantitative estimate of drug-likeness (QED) is 0.600. The molecule has 0 radical (unpaired) electrons. The fourth-order valence-corrected chi connectivity index (χ4v) is 3.95. The van der Waals surface area contributed by atoms with Gasteiger partial charge in [0.25, 0.3) is 11.6 Å². The largest absolute Gasteiger partial charge is 0.379 e. The number of ether oxygens (including phenoxy) is 1. The van der Waals surface area contributed by atoms with Crippen molar-refractivity contribution in [2.45, 2.75) is 6.04 Å². The lowest BCUT2D eigenvalue weighted by Crippen LogP contribution is -2.43. The van der Waals surface area contributed by atoms with E-state index in [0.717, 1.165) is 18.0 Å². The van der Waals surface area contributed by atoms with Gasteiger partial charge in [-0.25, -0.2) is 0 Å². The number of carbonyl (C=O) groups excluding carboxylic acids is 1. The molecule has 3 rings (SSSR count). The molecule has 1 fully saturated rings. The summed E-state index contributed by atoms with van der Waals surface area (Å²) in [5, 5.41) is 16.3. The van der Waals surface area contributed by atoms with Crippen molar-refractivity contribution in [3.05, 3.63) is 61.3 Å². The molecular formula is C17H18ClN3O4S. The van der Waals surface area contributed by atoms with Crippen molar-refractivity contribution in [3.63, 3.8) is 0 Å². The van der Waals surface area contributed by atoms with E-state index < -0.39 is 10.8 Å². The molecule has 1 atom stereocenters. The number of nitro groups is 1. The second kappa shape index (κ2) is 8.59. The van der Waals surface area contributed by atoms with Crippen molar-refractivity contribution in [1.29, 1.82) is 0 Å². The van der Waals surface area contributed by atoms with Crippen LogP contribution in [-0.2, 0) is 4.74 Å². The van der Waals surface area contributed by atoms with E-state index in [1.165, 1.54) is 18.2 Å². The van der Waals surface area contributed by atoms with Crippen molar-refractivity contribution in [3.8, 4) is 0 Å². The van der Waals surface area contributed by atoms with E-state index in [-0.39, 0.29) is 22.3 Å². The Kier molecular flexibility index (Phi) is 6.20. The Hall–Kier alpha value is -2.00. The number of thiophene rings is 1. The number of benzene rings is 1. The van der Waals surface area contributed by atoms with Crippen LogP contribution >= 0.6 is 22.9 Å². The Morgan fingerprint density at radius 2 is 2.15 bits per heavy atom. The maximum absolute atomic E-state index is 12.6. The minimum absolute atomic E-state index is 0.00101. The number of nitro benzene ring substituents is 1. The first-order valence-corrected chi connectivity index (χ1v) is 9.39. The number of amides is 1. The third-order valence-electron chi connectivity index (χ3n) is 4.21. The molecule has 2 aromatic rings. The molecule has 26 heavy (non-hydrogen) atoms. The summed E-state index contributed by atoms with van der Waals surface area (Å²) in [5.41, 5.74) is -0.291. The van der Waals surface area contributed by atoms with Crippen molar-refractivity contribution in [2.24, 2.45) is 0 Å². The van der Waals surface area contributed by atoms with Crippen LogP contribution in [0.3, 0.4) is 0 Å². The van der Waals surface area contributed by atoms with Gasteiger partial charge in [-0.3, -0.25) is 19.8 Å². The molecule has 0 unspecified atom stereocenters. The second-order valence-corrected chi connectivity index (χ2v) is 7.22. The van der Waals surface area contributed by atoms with Crippen LogP contribution in [0.25, 0.3) is 0 Å². The fourth-order valence-electron chi connectivity index (χ4n) is 2.91. The Labute approximate surface area is 159 Å². The molecule has 0 aliphatic carbocycles. The van der Waals surface area contributed by atoms with Gasteiger partial charge in [-0.1, -0.05) is 17.7 Å². The lowest BCUT2D eigenvalue weighted by molar-refractivity contribution is -0.385. The van der Waals surface area contributed by atoms with E-state index >= 15 is 0 Å². The third kappa shape index (κ3) is 4.39. The van der Waals surface area contributed by atoms with Gasteiger partial charge in [-0.15, -0.1) is 11.3 Å². The summed E-state index contributed by atoms with van der Waals surface area (Å²) in [6, 6.07) is 7.97.